The molecule has 2 nitrogen and oxygen atoms in total. The van der Waals surface area contributed by atoms with E-state index in [0.717, 1.165) is 6.61 Å². The van der Waals surface area contributed by atoms with E-state index >= 15 is 0 Å². The van der Waals surface area contributed by atoms with Gasteiger partial charge < -0.3 is 9.84 Å². The average molecular weight is 206 g/mol. The van der Waals surface area contributed by atoms with E-state index in [1.165, 1.54) is 7.11 Å². The highest BCUT2D eigenvalue weighted by molar-refractivity contribution is 6.37. The summed E-state index contributed by atoms with van der Waals surface area (Å²) in [7, 11) is 1.48. The molecule has 0 heterocycles. The molecule has 0 saturated heterocycles. The fraction of sp³-hybridized carbons (Fsp3) is 0.125. The van der Waals surface area contributed by atoms with Gasteiger partial charge in [-0.3, -0.25) is 0 Å². The van der Waals surface area contributed by atoms with Gasteiger partial charge in [0.25, 0.3) is 0 Å². The third kappa shape index (κ3) is 1.83. The quantitative estimate of drug-likeness (QED) is 0.805. The summed E-state index contributed by atoms with van der Waals surface area (Å²) in [5.41, 5.74) is 0.547. The number of aliphatic hydroxyl groups is 1. The van der Waals surface area contributed by atoms with Crippen molar-refractivity contribution in [3.8, 4) is 5.75 Å². The highest BCUT2D eigenvalue weighted by Gasteiger charge is 2.07. The third-order valence-electron chi connectivity index (χ3n) is 1.37. The molecule has 1 rings (SSSR count). The average Bonchev–Trinajstić information content (AvgIpc) is 2.03. The molecule has 0 unspecified atom stereocenters. The van der Waals surface area contributed by atoms with Crippen LogP contribution in [0, 0.1) is 6.61 Å². The lowest BCUT2D eigenvalue weighted by atomic mass is 10.2. The molecule has 1 aromatic carbocycles. The van der Waals surface area contributed by atoms with Crippen LogP contribution in [0.15, 0.2) is 12.1 Å². The van der Waals surface area contributed by atoms with Crippen LogP contribution in [-0.2, 0) is 0 Å². The number of rotatable bonds is 2. The Balaban J connectivity index is 3.18. The van der Waals surface area contributed by atoms with Crippen LogP contribution in [0.2, 0.25) is 10.0 Å². The van der Waals surface area contributed by atoms with Gasteiger partial charge in [0, 0.05) is 0 Å². The van der Waals surface area contributed by atoms with Gasteiger partial charge in [-0.1, -0.05) is 23.2 Å². The van der Waals surface area contributed by atoms with Gasteiger partial charge in [-0.25, -0.2) is 0 Å². The summed E-state index contributed by atoms with van der Waals surface area (Å²) in [5.74, 6) is 0.420. The van der Waals surface area contributed by atoms with Crippen molar-refractivity contribution in [3.05, 3.63) is 34.3 Å². The predicted octanol–water partition coefficient (Wildman–Crippen LogP) is 2.88. The first-order valence-electron chi connectivity index (χ1n) is 3.19. The smallest absolute Gasteiger partial charge is 0.156 e. The van der Waals surface area contributed by atoms with E-state index in [1.807, 2.05) is 0 Å². The maximum Gasteiger partial charge on any atom is 0.156 e. The largest absolute Gasteiger partial charge is 0.494 e. The monoisotopic (exact) mass is 205 g/mol. The van der Waals surface area contributed by atoms with E-state index in [1.54, 1.807) is 12.1 Å². The number of benzene rings is 1. The zero-order valence-corrected chi connectivity index (χ0v) is 7.86. The molecule has 0 amide bonds. The molecule has 4 heteroatoms. The van der Waals surface area contributed by atoms with Crippen LogP contribution < -0.4 is 4.74 Å². The first kappa shape index (κ1) is 9.65. The highest BCUT2D eigenvalue weighted by Crippen LogP contribution is 2.33. The van der Waals surface area contributed by atoms with Gasteiger partial charge in [0.1, 0.15) is 6.61 Å². The van der Waals surface area contributed by atoms with Crippen LogP contribution in [0.25, 0.3) is 0 Å². The summed E-state index contributed by atoms with van der Waals surface area (Å²) in [6.45, 7) is 0.928. The van der Waals surface area contributed by atoms with Gasteiger partial charge in [0.05, 0.1) is 17.2 Å². The minimum atomic E-state index is 0.380. The molecule has 65 valence electrons. The summed E-state index contributed by atoms with van der Waals surface area (Å²) < 4.78 is 4.92. The van der Waals surface area contributed by atoms with E-state index < -0.39 is 0 Å². The minimum Gasteiger partial charge on any atom is -0.494 e. The molecule has 0 aliphatic carbocycles. The second-order valence-electron chi connectivity index (χ2n) is 2.15. The number of methoxy groups -OCH3 is 1. The zero-order valence-electron chi connectivity index (χ0n) is 6.34. The van der Waals surface area contributed by atoms with E-state index in [9.17, 15) is 0 Å². The normalized spacial score (nSPS) is 10.0. The van der Waals surface area contributed by atoms with E-state index in [2.05, 4.69) is 0 Å². The molecule has 0 aromatic heterocycles. The fourth-order valence-corrected chi connectivity index (χ4v) is 1.51. The predicted molar refractivity (Wildman–Crippen MR) is 48.4 cm³/mol. The summed E-state index contributed by atoms with van der Waals surface area (Å²) in [6, 6.07) is 3.12. The Morgan fingerprint density at radius 1 is 1.33 bits per heavy atom. The number of aliphatic hydroxyl groups excluding tert-OH is 1. The molecule has 0 fully saturated rings. The van der Waals surface area contributed by atoms with Crippen LogP contribution in [0.3, 0.4) is 0 Å². The molecule has 1 radical (unpaired) electrons. The summed E-state index contributed by atoms with van der Waals surface area (Å²) in [4.78, 5) is 0. The van der Waals surface area contributed by atoms with Gasteiger partial charge in [-0.05, 0) is 17.7 Å². The number of hydrogen-bond acceptors (Lipinski definition) is 2. The lowest BCUT2D eigenvalue weighted by Crippen LogP contribution is -1.88. The molecule has 0 aliphatic rings. The van der Waals surface area contributed by atoms with Gasteiger partial charge >= 0.3 is 0 Å². The van der Waals surface area contributed by atoms with Crippen molar-refractivity contribution in [2.24, 2.45) is 0 Å². The SMILES string of the molecule is COc1c(Cl)cc([CH]O)cc1Cl. The molecule has 1 N–H and O–H groups in total. The van der Waals surface area contributed by atoms with E-state index in [4.69, 9.17) is 33.0 Å². The van der Waals surface area contributed by atoms with Gasteiger partial charge in [-0.2, -0.15) is 0 Å². The Bertz CT molecular complexity index is 263. The molecule has 0 spiro atoms. The first-order valence-corrected chi connectivity index (χ1v) is 3.95. The topological polar surface area (TPSA) is 29.5 Å². The summed E-state index contributed by atoms with van der Waals surface area (Å²) >= 11 is 11.5. The van der Waals surface area contributed by atoms with Crippen LogP contribution in [0.4, 0.5) is 0 Å². The summed E-state index contributed by atoms with van der Waals surface area (Å²) in [5, 5.41) is 9.43. The zero-order chi connectivity index (χ0) is 9.14. The molecule has 0 aliphatic heterocycles. The lowest BCUT2D eigenvalue weighted by molar-refractivity contribution is 0.409. The molecule has 12 heavy (non-hydrogen) atoms. The Kier molecular flexibility index (Phi) is 3.20. The van der Waals surface area contributed by atoms with E-state index in [0.29, 0.717) is 21.4 Å². The molecule has 1 aromatic rings. The molecule has 0 atom stereocenters. The number of ether oxygens (including phenoxy) is 1. The van der Waals surface area contributed by atoms with Crippen LogP contribution in [-0.4, -0.2) is 12.2 Å². The van der Waals surface area contributed by atoms with Crippen molar-refractivity contribution in [2.75, 3.05) is 7.11 Å². The van der Waals surface area contributed by atoms with Crippen molar-refractivity contribution in [3.63, 3.8) is 0 Å². The first-order chi connectivity index (χ1) is 5.69. The second-order valence-corrected chi connectivity index (χ2v) is 2.96. The van der Waals surface area contributed by atoms with E-state index in [-0.39, 0.29) is 0 Å². The Hall–Kier alpha value is -0.440. The maximum atomic E-state index is 8.67. The second kappa shape index (κ2) is 3.99. The maximum absolute atomic E-state index is 8.67. The number of halogens is 2. The van der Waals surface area contributed by atoms with Crippen molar-refractivity contribution in [2.45, 2.75) is 0 Å². The Morgan fingerprint density at radius 2 is 1.83 bits per heavy atom. The van der Waals surface area contributed by atoms with Crippen molar-refractivity contribution < 1.29 is 9.84 Å². The van der Waals surface area contributed by atoms with Crippen molar-refractivity contribution in [1.82, 2.24) is 0 Å². The van der Waals surface area contributed by atoms with Crippen molar-refractivity contribution >= 4 is 23.2 Å². The number of hydrogen-bond donors (Lipinski definition) is 1. The summed E-state index contributed by atoms with van der Waals surface area (Å²) in [6.07, 6.45) is 0. The molecule has 0 bridgehead atoms. The fourth-order valence-electron chi connectivity index (χ4n) is 0.849. The molecule has 0 saturated carbocycles. The van der Waals surface area contributed by atoms with Crippen LogP contribution in [0.1, 0.15) is 5.56 Å². The highest BCUT2D eigenvalue weighted by atomic mass is 35.5. The molecular formula is C8H7Cl2O2. The standard InChI is InChI=1S/C8H7Cl2O2/c1-12-8-6(9)2-5(4-11)3-7(8)10/h2-4,11H,1H3. The van der Waals surface area contributed by atoms with Gasteiger partial charge in [0.2, 0.25) is 0 Å². The molecular weight excluding hydrogens is 199 g/mol. The lowest BCUT2D eigenvalue weighted by Gasteiger charge is -2.06. The minimum absolute atomic E-state index is 0.380. The Labute approximate surface area is 80.7 Å². The van der Waals surface area contributed by atoms with Gasteiger partial charge in [0.15, 0.2) is 5.75 Å². The Morgan fingerprint density at radius 3 is 2.17 bits per heavy atom. The van der Waals surface area contributed by atoms with Gasteiger partial charge in [-0.15, -0.1) is 0 Å². The van der Waals surface area contributed by atoms with Crippen LogP contribution >= 0.6 is 23.2 Å². The van der Waals surface area contributed by atoms with Crippen LogP contribution in [0.5, 0.6) is 5.75 Å². The third-order valence-corrected chi connectivity index (χ3v) is 1.94. The van der Waals surface area contributed by atoms with Crippen molar-refractivity contribution in [1.29, 1.82) is 0 Å².